The lowest BCUT2D eigenvalue weighted by atomic mass is 9.93. The smallest absolute Gasteiger partial charge is 0.419 e. The fourth-order valence-corrected chi connectivity index (χ4v) is 5.19. The molecular formula is C29H45F3NO5P. The van der Waals surface area contributed by atoms with Gasteiger partial charge in [0, 0.05) is 6.92 Å². The van der Waals surface area contributed by atoms with E-state index in [9.17, 15) is 13.2 Å². The monoisotopic (exact) mass is 575 g/mol. The Labute approximate surface area is 233 Å². The molecule has 0 fully saturated rings. The van der Waals surface area contributed by atoms with Gasteiger partial charge in [0.15, 0.2) is 5.90 Å². The molecule has 1 heterocycles. The van der Waals surface area contributed by atoms with Gasteiger partial charge >= 0.3 is 14.8 Å². The highest BCUT2D eigenvalue weighted by atomic mass is 31.2. The van der Waals surface area contributed by atoms with Crippen LogP contribution in [0.3, 0.4) is 0 Å². The normalized spacial score (nSPS) is 18.3. The van der Waals surface area contributed by atoms with Crippen molar-refractivity contribution in [2.24, 2.45) is 4.99 Å². The Morgan fingerprint density at radius 1 is 1.05 bits per heavy atom. The van der Waals surface area contributed by atoms with Crippen molar-refractivity contribution in [2.45, 2.75) is 110 Å². The average molecular weight is 576 g/mol. The van der Waals surface area contributed by atoms with Crippen LogP contribution in [0.2, 0.25) is 0 Å². The summed E-state index contributed by atoms with van der Waals surface area (Å²) in [4.78, 5) is 4.68. The van der Waals surface area contributed by atoms with Crippen LogP contribution >= 0.6 is 8.60 Å². The molecule has 0 amide bonds. The summed E-state index contributed by atoms with van der Waals surface area (Å²) < 4.78 is 71.0. The topological polar surface area (TPSA) is 58.5 Å². The number of unbranched alkanes of at least 4 members (excludes halogenated alkanes) is 3. The predicted octanol–water partition coefficient (Wildman–Crippen LogP) is 8.82. The average Bonchev–Trinajstić information content (AvgIpc) is 3.17. The number of hydrogen-bond acceptors (Lipinski definition) is 6. The fourth-order valence-electron chi connectivity index (χ4n) is 3.81. The van der Waals surface area contributed by atoms with Crippen LogP contribution < -0.4 is 4.74 Å². The second-order valence-corrected chi connectivity index (χ2v) is 12.9. The number of aliphatic imine (C=N–C) groups is 1. The molecule has 2 rings (SSSR count). The summed E-state index contributed by atoms with van der Waals surface area (Å²) in [6.45, 7) is 17.6. The van der Waals surface area contributed by atoms with Crippen LogP contribution in [0.25, 0.3) is 0 Å². The number of allylic oxidation sites excluding steroid dienone is 1. The number of benzene rings is 1. The molecule has 222 valence electrons. The molecule has 0 radical (unpaired) electrons. The van der Waals surface area contributed by atoms with E-state index in [1.54, 1.807) is 13.0 Å². The van der Waals surface area contributed by atoms with Gasteiger partial charge in [0.1, 0.15) is 17.9 Å². The Bertz CT molecular complexity index is 940. The molecule has 6 nitrogen and oxygen atoms in total. The van der Waals surface area contributed by atoms with E-state index in [1.165, 1.54) is 12.1 Å². The molecule has 0 bridgehead atoms. The van der Waals surface area contributed by atoms with Gasteiger partial charge in [-0.25, -0.2) is 4.99 Å². The Balaban J connectivity index is 2.12. The number of nitrogens with zero attached hydrogens (tertiary/aromatic N) is 1. The minimum atomic E-state index is -4.52. The maximum Gasteiger partial charge on any atom is 0.419 e. The molecule has 0 N–H and O–H groups in total. The summed E-state index contributed by atoms with van der Waals surface area (Å²) in [7, 11) is -1.70. The number of alkyl halides is 3. The summed E-state index contributed by atoms with van der Waals surface area (Å²) in [6.07, 6.45) is 1.49. The Morgan fingerprint density at radius 3 is 2.26 bits per heavy atom. The van der Waals surface area contributed by atoms with Gasteiger partial charge in [0.2, 0.25) is 0 Å². The van der Waals surface area contributed by atoms with Crippen LogP contribution in [0.15, 0.2) is 35.8 Å². The largest absolute Gasteiger partial charge is 0.493 e. The van der Waals surface area contributed by atoms with E-state index in [0.29, 0.717) is 30.7 Å². The van der Waals surface area contributed by atoms with Crippen LogP contribution in [0.1, 0.15) is 91.7 Å². The molecule has 0 aliphatic carbocycles. The van der Waals surface area contributed by atoms with Gasteiger partial charge in [-0.05, 0) is 97.8 Å². The molecule has 1 atom stereocenters. The van der Waals surface area contributed by atoms with E-state index in [2.05, 4.69) is 11.6 Å². The second kappa shape index (κ2) is 14.3. The maximum atomic E-state index is 13.9. The summed E-state index contributed by atoms with van der Waals surface area (Å²) in [6, 6.07) is 4.27. The third kappa shape index (κ3) is 12.6. The number of hydrogen-bond donors (Lipinski definition) is 0. The highest BCUT2D eigenvalue weighted by Gasteiger charge is 2.39. The van der Waals surface area contributed by atoms with Crippen molar-refractivity contribution in [2.75, 3.05) is 19.8 Å². The highest BCUT2D eigenvalue weighted by Crippen LogP contribution is 2.48. The van der Waals surface area contributed by atoms with Crippen molar-refractivity contribution in [1.29, 1.82) is 0 Å². The van der Waals surface area contributed by atoms with Crippen molar-refractivity contribution in [1.82, 2.24) is 0 Å². The predicted molar refractivity (Wildman–Crippen MR) is 150 cm³/mol. The first-order chi connectivity index (χ1) is 18.0. The number of halogens is 3. The quantitative estimate of drug-likeness (QED) is 0.119. The molecule has 1 aromatic carbocycles. The molecule has 0 saturated carbocycles. The van der Waals surface area contributed by atoms with Crippen molar-refractivity contribution < 1.29 is 36.2 Å². The van der Waals surface area contributed by atoms with E-state index in [-0.39, 0.29) is 25.6 Å². The zero-order valence-electron chi connectivity index (χ0n) is 24.5. The standard InChI is InChI=1S/C29H45F3NO5P/c1-9-10-11-12-13-18-34-25-15-14-23(19-24(25)29(30,31)32)16-17-28(20-35-22(2)33-28)21-36-39(37-26(3,4)5)38-27(6,7)8/h9,14-15,19H,1,10-13,16-18,20-21H2,2-8H3. The van der Waals surface area contributed by atoms with Crippen LogP contribution in [-0.2, 0) is 30.9 Å². The van der Waals surface area contributed by atoms with Gasteiger partial charge in [-0.2, -0.15) is 13.2 Å². The first-order valence-corrected chi connectivity index (χ1v) is 14.6. The van der Waals surface area contributed by atoms with E-state index in [0.717, 1.165) is 19.3 Å². The third-order valence-electron chi connectivity index (χ3n) is 5.62. The maximum absolute atomic E-state index is 13.9. The number of rotatable bonds is 15. The SMILES string of the molecule is C=CCCCCCOc1ccc(CCC2(COP(OC(C)(C)C)OC(C)(C)C)COC(C)=N2)cc1C(F)(F)F. The number of aryl methyl sites for hydroxylation is 1. The van der Waals surface area contributed by atoms with Crippen molar-refractivity contribution in [3.05, 3.63) is 42.0 Å². The Kier molecular flexibility index (Phi) is 12.3. The van der Waals surface area contributed by atoms with Crippen molar-refractivity contribution in [3.8, 4) is 5.75 Å². The Morgan fingerprint density at radius 2 is 1.72 bits per heavy atom. The summed E-state index contributed by atoms with van der Waals surface area (Å²) in [5.74, 6) is 0.375. The van der Waals surface area contributed by atoms with Gasteiger partial charge < -0.3 is 23.0 Å². The van der Waals surface area contributed by atoms with Gasteiger partial charge in [0.25, 0.3) is 0 Å². The van der Waals surface area contributed by atoms with Crippen molar-refractivity contribution in [3.63, 3.8) is 0 Å². The molecule has 39 heavy (non-hydrogen) atoms. The van der Waals surface area contributed by atoms with Crippen LogP contribution in [0.5, 0.6) is 5.75 Å². The first-order valence-electron chi connectivity index (χ1n) is 13.5. The summed E-state index contributed by atoms with van der Waals surface area (Å²) in [5.41, 5.74) is -1.96. The zero-order valence-corrected chi connectivity index (χ0v) is 25.3. The molecular weight excluding hydrogens is 530 g/mol. The fraction of sp³-hybridized carbons (Fsp3) is 0.690. The van der Waals surface area contributed by atoms with Crippen LogP contribution in [0, 0.1) is 0 Å². The molecule has 1 aliphatic rings. The summed E-state index contributed by atoms with van der Waals surface area (Å²) >= 11 is 0. The van der Waals surface area contributed by atoms with Gasteiger partial charge in [-0.3, -0.25) is 0 Å². The van der Waals surface area contributed by atoms with E-state index in [4.69, 9.17) is 23.0 Å². The van der Waals surface area contributed by atoms with Gasteiger partial charge in [-0.1, -0.05) is 12.1 Å². The molecule has 0 aromatic heterocycles. The Hall–Kier alpha value is -1.67. The molecule has 10 heteroatoms. The van der Waals surface area contributed by atoms with Gasteiger partial charge in [-0.15, -0.1) is 6.58 Å². The lowest BCUT2D eigenvalue weighted by molar-refractivity contribution is -0.139. The molecule has 1 aromatic rings. The molecule has 0 spiro atoms. The van der Waals surface area contributed by atoms with Crippen molar-refractivity contribution >= 4 is 14.5 Å². The third-order valence-corrected chi connectivity index (χ3v) is 7.35. The minimum absolute atomic E-state index is 0.143. The van der Waals surface area contributed by atoms with Crippen LogP contribution in [0.4, 0.5) is 13.2 Å². The first kappa shape index (κ1) is 33.5. The molecule has 0 saturated heterocycles. The lowest BCUT2D eigenvalue weighted by Crippen LogP contribution is -2.35. The second-order valence-electron chi connectivity index (χ2n) is 11.9. The van der Waals surface area contributed by atoms with E-state index >= 15 is 0 Å². The van der Waals surface area contributed by atoms with Crippen LogP contribution in [-0.4, -0.2) is 42.5 Å². The lowest BCUT2D eigenvalue weighted by Gasteiger charge is -2.32. The van der Waals surface area contributed by atoms with E-state index < -0.39 is 37.1 Å². The number of ether oxygens (including phenoxy) is 2. The van der Waals surface area contributed by atoms with E-state index in [1.807, 2.05) is 47.6 Å². The summed E-state index contributed by atoms with van der Waals surface area (Å²) in [5, 5.41) is 0. The minimum Gasteiger partial charge on any atom is -0.493 e. The molecule has 1 aliphatic heterocycles. The van der Waals surface area contributed by atoms with Gasteiger partial charge in [0.05, 0.1) is 30.0 Å². The molecule has 1 unspecified atom stereocenters. The zero-order chi connectivity index (χ0) is 29.3. The highest BCUT2D eigenvalue weighted by molar-refractivity contribution is 7.41.